The highest BCUT2D eigenvalue weighted by molar-refractivity contribution is 7.10. The number of thiazole rings is 1. The summed E-state index contributed by atoms with van der Waals surface area (Å²) < 4.78 is 0. The minimum Gasteiger partial charge on any atom is -0.380 e. The molecular formula is C8H14N4S. The lowest BCUT2D eigenvalue weighted by atomic mass is 9.98. The third-order valence-corrected chi connectivity index (χ3v) is 2.82. The van der Waals surface area contributed by atoms with E-state index in [1.54, 1.807) is 11.3 Å². The predicted octanol–water partition coefficient (Wildman–Crippen LogP) is 1.02. The summed E-state index contributed by atoms with van der Waals surface area (Å²) in [5, 5.41) is 6.30. The molecule has 72 valence electrons. The van der Waals surface area contributed by atoms with Crippen molar-refractivity contribution in [3.63, 3.8) is 0 Å². The number of nitrogens with two attached hydrogens (primary N) is 2. The molecule has 0 aliphatic carbocycles. The van der Waals surface area contributed by atoms with Gasteiger partial charge in [-0.25, -0.2) is 4.98 Å². The van der Waals surface area contributed by atoms with Crippen LogP contribution in [-0.2, 0) is 5.41 Å². The van der Waals surface area contributed by atoms with Crippen molar-refractivity contribution < 1.29 is 0 Å². The maximum Gasteiger partial charge on any atom is 0.169 e. The Kier molecular flexibility index (Phi) is 2.56. The highest BCUT2D eigenvalue weighted by Crippen LogP contribution is 2.25. The smallest absolute Gasteiger partial charge is 0.169 e. The first-order valence-electron chi connectivity index (χ1n) is 3.95. The van der Waals surface area contributed by atoms with E-state index in [1.165, 1.54) is 0 Å². The van der Waals surface area contributed by atoms with Gasteiger partial charge in [-0.15, -0.1) is 11.3 Å². The van der Waals surface area contributed by atoms with E-state index >= 15 is 0 Å². The van der Waals surface area contributed by atoms with E-state index in [1.807, 2.05) is 5.38 Å². The van der Waals surface area contributed by atoms with Crippen LogP contribution in [0.5, 0.6) is 0 Å². The van der Waals surface area contributed by atoms with Gasteiger partial charge in [-0.3, -0.25) is 0 Å². The van der Waals surface area contributed by atoms with Crippen molar-refractivity contribution >= 4 is 17.2 Å². The van der Waals surface area contributed by atoms with Crippen molar-refractivity contribution in [1.29, 1.82) is 0 Å². The van der Waals surface area contributed by atoms with E-state index in [4.69, 9.17) is 11.6 Å². The third-order valence-electron chi connectivity index (χ3n) is 1.55. The second-order valence-electron chi connectivity index (χ2n) is 3.80. The van der Waals surface area contributed by atoms with Gasteiger partial charge in [0.2, 0.25) is 0 Å². The van der Waals surface area contributed by atoms with E-state index in [-0.39, 0.29) is 11.3 Å². The van der Waals surface area contributed by atoms with Crippen molar-refractivity contribution in [2.45, 2.75) is 26.2 Å². The van der Waals surface area contributed by atoms with Crippen molar-refractivity contribution in [3.05, 3.63) is 16.1 Å². The SMILES string of the molecule is CC(C)(C)c1nc(C(N)=NN)cs1. The van der Waals surface area contributed by atoms with Crippen LogP contribution >= 0.6 is 11.3 Å². The lowest BCUT2D eigenvalue weighted by molar-refractivity contribution is 0.585. The number of aromatic nitrogens is 1. The van der Waals surface area contributed by atoms with Crippen LogP contribution in [0.3, 0.4) is 0 Å². The number of rotatable bonds is 1. The van der Waals surface area contributed by atoms with Gasteiger partial charge in [0.1, 0.15) is 5.69 Å². The molecule has 0 radical (unpaired) electrons. The first kappa shape index (κ1) is 9.98. The normalized spacial score (nSPS) is 13.3. The Labute approximate surface area is 81.7 Å². The van der Waals surface area contributed by atoms with Crippen LogP contribution in [0, 0.1) is 0 Å². The molecule has 0 unspecified atom stereocenters. The van der Waals surface area contributed by atoms with Gasteiger partial charge < -0.3 is 11.6 Å². The van der Waals surface area contributed by atoms with Crippen LogP contribution in [0.1, 0.15) is 31.5 Å². The molecule has 4 N–H and O–H groups in total. The predicted molar refractivity (Wildman–Crippen MR) is 55.7 cm³/mol. The van der Waals surface area contributed by atoms with Gasteiger partial charge in [0.15, 0.2) is 5.84 Å². The van der Waals surface area contributed by atoms with E-state index in [9.17, 15) is 0 Å². The minimum atomic E-state index is 0.0534. The van der Waals surface area contributed by atoms with Crippen LogP contribution in [0.15, 0.2) is 10.5 Å². The molecule has 0 fully saturated rings. The highest BCUT2D eigenvalue weighted by Gasteiger charge is 2.18. The Morgan fingerprint density at radius 3 is 2.54 bits per heavy atom. The molecule has 5 heteroatoms. The Hall–Kier alpha value is -1.10. The quantitative estimate of drug-likeness (QED) is 0.306. The zero-order chi connectivity index (χ0) is 10.1. The van der Waals surface area contributed by atoms with Gasteiger partial charge in [-0.05, 0) is 0 Å². The van der Waals surface area contributed by atoms with Crippen molar-refractivity contribution in [3.8, 4) is 0 Å². The average Bonchev–Trinajstić information content (AvgIpc) is 2.50. The summed E-state index contributed by atoms with van der Waals surface area (Å²) >= 11 is 1.57. The van der Waals surface area contributed by atoms with Gasteiger partial charge >= 0.3 is 0 Å². The summed E-state index contributed by atoms with van der Waals surface area (Å²) in [5.41, 5.74) is 6.24. The fourth-order valence-corrected chi connectivity index (χ4v) is 1.70. The minimum absolute atomic E-state index is 0.0534. The van der Waals surface area contributed by atoms with Crippen LogP contribution < -0.4 is 11.6 Å². The molecule has 0 saturated heterocycles. The molecule has 1 rings (SSSR count). The molecule has 0 atom stereocenters. The topological polar surface area (TPSA) is 77.3 Å². The maximum absolute atomic E-state index is 5.52. The number of hydrogen-bond donors (Lipinski definition) is 2. The Morgan fingerprint density at radius 1 is 1.54 bits per heavy atom. The Bertz CT molecular complexity index is 321. The molecule has 0 amide bonds. The summed E-state index contributed by atoms with van der Waals surface area (Å²) in [6.45, 7) is 6.31. The van der Waals surface area contributed by atoms with E-state index in [0.29, 0.717) is 5.69 Å². The van der Waals surface area contributed by atoms with Gasteiger partial charge in [-0.2, -0.15) is 5.10 Å². The van der Waals surface area contributed by atoms with Gasteiger partial charge in [0, 0.05) is 10.8 Å². The second kappa shape index (κ2) is 3.33. The zero-order valence-electron chi connectivity index (χ0n) is 8.03. The molecule has 1 heterocycles. The summed E-state index contributed by atoms with van der Waals surface area (Å²) in [6, 6.07) is 0. The molecule has 0 aliphatic heterocycles. The molecule has 0 aromatic carbocycles. The first-order valence-corrected chi connectivity index (χ1v) is 4.83. The third kappa shape index (κ3) is 2.18. The van der Waals surface area contributed by atoms with Crippen LogP contribution in [-0.4, -0.2) is 10.8 Å². The summed E-state index contributed by atoms with van der Waals surface area (Å²) in [4.78, 5) is 4.34. The van der Waals surface area contributed by atoms with Crippen LogP contribution in [0.2, 0.25) is 0 Å². The van der Waals surface area contributed by atoms with Gasteiger partial charge in [-0.1, -0.05) is 20.8 Å². The van der Waals surface area contributed by atoms with Crippen molar-refractivity contribution in [2.75, 3.05) is 0 Å². The Balaban J connectivity index is 3.00. The summed E-state index contributed by atoms with van der Waals surface area (Å²) in [5.74, 6) is 5.33. The maximum atomic E-state index is 5.52. The van der Waals surface area contributed by atoms with Crippen molar-refractivity contribution in [1.82, 2.24) is 4.98 Å². The first-order chi connectivity index (χ1) is 5.95. The number of amidine groups is 1. The molecule has 1 aromatic heterocycles. The molecule has 1 aromatic rings. The molecular weight excluding hydrogens is 184 g/mol. The monoisotopic (exact) mass is 198 g/mol. The molecule has 0 aliphatic rings. The zero-order valence-corrected chi connectivity index (χ0v) is 8.85. The lowest BCUT2D eigenvalue weighted by Gasteiger charge is -2.13. The lowest BCUT2D eigenvalue weighted by Crippen LogP contribution is -2.17. The second-order valence-corrected chi connectivity index (χ2v) is 4.66. The van der Waals surface area contributed by atoms with Crippen LogP contribution in [0.4, 0.5) is 0 Å². The summed E-state index contributed by atoms with van der Waals surface area (Å²) in [6.07, 6.45) is 0. The average molecular weight is 198 g/mol. The molecule has 0 bridgehead atoms. The van der Waals surface area contributed by atoms with E-state index in [2.05, 4.69) is 30.9 Å². The Morgan fingerprint density at radius 2 is 2.15 bits per heavy atom. The number of hydrazone groups is 1. The number of nitrogens with zero attached hydrogens (tertiary/aromatic N) is 2. The summed E-state index contributed by atoms with van der Waals surface area (Å²) in [7, 11) is 0. The molecule has 4 nitrogen and oxygen atoms in total. The van der Waals surface area contributed by atoms with E-state index < -0.39 is 0 Å². The fraction of sp³-hybridized carbons (Fsp3) is 0.500. The van der Waals surface area contributed by atoms with E-state index in [0.717, 1.165) is 5.01 Å². The largest absolute Gasteiger partial charge is 0.380 e. The molecule has 13 heavy (non-hydrogen) atoms. The molecule has 0 spiro atoms. The van der Waals surface area contributed by atoms with Crippen molar-refractivity contribution in [2.24, 2.45) is 16.7 Å². The van der Waals surface area contributed by atoms with Crippen LogP contribution in [0.25, 0.3) is 0 Å². The number of hydrogen-bond acceptors (Lipinski definition) is 4. The fourth-order valence-electron chi connectivity index (χ4n) is 0.802. The van der Waals surface area contributed by atoms with Gasteiger partial charge in [0.25, 0.3) is 0 Å². The highest BCUT2D eigenvalue weighted by atomic mass is 32.1. The van der Waals surface area contributed by atoms with Gasteiger partial charge in [0.05, 0.1) is 5.01 Å². The standard InChI is InChI=1S/C8H14N4S/c1-8(2,3)7-11-5(4-13-7)6(9)12-10/h4H,10H2,1-3H3,(H2,9,12). The molecule has 0 saturated carbocycles.